The summed E-state index contributed by atoms with van der Waals surface area (Å²) in [7, 11) is 0. The third-order valence-corrected chi connectivity index (χ3v) is 2.89. The van der Waals surface area contributed by atoms with Crippen molar-refractivity contribution >= 4 is 0 Å². The van der Waals surface area contributed by atoms with Crippen LogP contribution in [0.25, 0.3) is 0 Å². The normalized spacial score (nSPS) is 11.1. The number of aryl methyl sites for hydroxylation is 2. The fourth-order valence-electron chi connectivity index (χ4n) is 1.88. The van der Waals surface area contributed by atoms with Gasteiger partial charge in [0.1, 0.15) is 11.5 Å². The van der Waals surface area contributed by atoms with Crippen LogP contribution in [-0.4, -0.2) is 25.3 Å². The second-order valence-electron chi connectivity index (χ2n) is 3.95. The van der Waals surface area contributed by atoms with Crippen molar-refractivity contribution in [2.75, 3.05) is 0 Å². The van der Waals surface area contributed by atoms with Crippen LogP contribution in [0.5, 0.6) is 0 Å². The van der Waals surface area contributed by atoms with Gasteiger partial charge in [-0.15, -0.1) is 5.10 Å². The summed E-state index contributed by atoms with van der Waals surface area (Å²) >= 11 is 0. The highest BCUT2D eigenvalue weighted by molar-refractivity contribution is 5.22. The van der Waals surface area contributed by atoms with Gasteiger partial charge in [0, 0.05) is 5.56 Å². The fourth-order valence-corrected chi connectivity index (χ4v) is 1.88. The molecular formula is C11H16N4O2. The van der Waals surface area contributed by atoms with Gasteiger partial charge in [-0.05, 0) is 20.3 Å². The second kappa shape index (κ2) is 4.67. The standard InChI is InChI=1S/C11H16N4O2/c1-4-11-10(6-16)12-14-15(11)5-9-7(2)13-17-8(9)3/h16H,4-6H2,1-3H3. The molecule has 2 heterocycles. The zero-order valence-electron chi connectivity index (χ0n) is 10.3. The van der Waals surface area contributed by atoms with Crippen LogP contribution in [-0.2, 0) is 19.6 Å². The van der Waals surface area contributed by atoms with E-state index in [1.807, 2.05) is 20.8 Å². The molecule has 0 amide bonds. The Hall–Kier alpha value is -1.69. The van der Waals surface area contributed by atoms with Gasteiger partial charge in [-0.2, -0.15) is 0 Å². The molecule has 0 aliphatic heterocycles. The van der Waals surface area contributed by atoms with Gasteiger partial charge in [0.15, 0.2) is 0 Å². The Morgan fingerprint density at radius 3 is 2.65 bits per heavy atom. The number of aliphatic hydroxyl groups is 1. The van der Waals surface area contributed by atoms with Crippen molar-refractivity contribution in [1.29, 1.82) is 0 Å². The van der Waals surface area contributed by atoms with Gasteiger partial charge in [0.2, 0.25) is 0 Å². The number of aliphatic hydroxyl groups excluding tert-OH is 1. The van der Waals surface area contributed by atoms with Crippen molar-refractivity contribution in [1.82, 2.24) is 20.2 Å². The van der Waals surface area contributed by atoms with Crippen LogP contribution in [0.2, 0.25) is 0 Å². The van der Waals surface area contributed by atoms with E-state index in [9.17, 15) is 0 Å². The minimum Gasteiger partial charge on any atom is -0.390 e. The van der Waals surface area contributed by atoms with Gasteiger partial charge < -0.3 is 9.63 Å². The van der Waals surface area contributed by atoms with Gasteiger partial charge in [0.25, 0.3) is 0 Å². The smallest absolute Gasteiger partial charge is 0.138 e. The first-order chi connectivity index (χ1) is 8.17. The van der Waals surface area contributed by atoms with Crippen molar-refractivity contribution < 1.29 is 9.63 Å². The maximum absolute atomic E-state index is 9.15. The minimum atomic E-state index is -0.0786. The molecule has 0 aliphatic rings. The third kappa shape index (κ3) is 2.08. The molecule has 0 saturated heterocycles. The Balaban J connectivity index is 2.33. The largest absolute Gasteiger partial charge is 0.390 e. The lowest BCUT2D eigenvalue weighted by molar-refractivity contribution is 0.275. The fraction of sp³-hybridized carbons (Fsp3) is 0.545. The van der Waals surface area contributed by atoms with E-state index in [0.717, 1.165) is 29.1 Å². The Labute approximate surface area is 99.2 Å². The zero-order valence-corrected chi connectivity index (χ0v) is 10.3. The first kappa shape index (κ1) is 11.8. The van der Waals surface area contributed by atoms with Crippen molar-refractivity contribution in [2.45, 2.75) is 40.3 Å². The molecule has 2 rings (SSSR count). The molecule has 17 heavy (non-hydrogen) atoms. The van der Waals surface area contributed by atoms with Crippen LogP contribution in [0.4, 0.5) is 0 Å². The summed E-state index contributed by atoms with van der Waals surface area (Å²) in [5, 5.41) is 21.1. The molecule has 2 aromatic heterocycles. The maximum Gasteiger partial charge on any atom is 0.138 e. The number of rotatable bonds is 4. The lowest BCUT2D eigenvalue weighted by atomic mass is 10.2. The van der Waals surface area contributed by atoms with Crippen LogP contribution in [0, 0.1) is 13.8 Å². The van der Waals surface area contributed by atoms with Crippen LogP contribution >= 0.6 is 0 Å². The third-order valence-electron chi connectivity index (χ3n) is 2.89. The predicted molar refractivity (Wildman–Crippen MR) is 60.4 cm³/mol. The first-order valence-electron chi connectivity index (χ1n) is 5.61. The molecule has 0 bridgehead atoms. The quantitative estimate of drug-likeness (QED) is 0.856. The maximum atomic E-state index is 9.15. The number of nitrogens with zero attached hydrogens (tertiary/aromatic N) is 4. The van der Waals surface area contributed by atoms with Crippen molar-refractivity contribution in [3.63, 3.8) is 0 Å². The van der Waals surface area contributed by atoms with E-state index in [1.54, 1.807) is 4.68 Å². The van der Waals surface area contributed by atoms with Gasteiger partial charge in [-0.25, -0.2) is 4.68 Å². The Morgan fingerprint density at radius 2 is 2.12 bits per heavy atom. The van der Waals surface area contributed by atoms with E-state index in [0.29, 0.717) is 12.2 Å². The van der Waals surface area contributed by atoms with Crippen molar-refractivity contribution in [3.8, 4) is 0 Å². The number of aromatic nitrogens is 4. The number of hydrogen-bond donors (Lipinski definition) is 1. The van der Waals surface area contributed by atoms with Gasteiger partial charge >= 0.3 is 0 Å². The van der Waals surface area contributed by atoms with E-state index in [1.165, 1.54) is 0 Å². The Kier molecular flexibility index (Phi) is 3.23. The SMILES string of the molecule is CCc1c(CO)nnn1Cc1c(C)noc1C. The Morgan fingerprint density at radius 1 is 1.35 bits per heavy atom. The summed E-state index contributed by atoms with van der Waals surface area (Å²) in [6, 6.07) is 0. The summed E-state index contributed by atoms with van der Waals surface area (Å²) in [6.45, 7) is 6.30. The summed E-state index contributed by atoms with van der Waals surface area (Å²) in [5.41, 5.74) is 3.48. The summed E-state index contributed by atoms with van der Waals surface area (Å²) in [6.07, 6.45) is 0.784. The molecule has 0 aliphatic carbocycles. The van der Waals surface area contributed by atoms with Crippen LogP contribution < -0.4 is 0 Å². The highest BCUT2D eigenvalue weighted by Crippen LogP contribution is 2.15. The lowest BCUT2D eigenvalue weighted by Crippen LogP contribution is -2.08. The molecular weight excluding hydrogens is 220 g/mol. The van der Waals surface area contributed by atoms with Crippen molar-refractivity contribution in [3.05, 3.63) is 28.4 Å². The lowest BCUT2D eigenvalue weighted by Gasteiger charge is -2.04. The summed E-state index contributed by atoms with van der Waals surface area (Å²) < 4.78 is 6.90. The molecule has 0 atom stereocenters. The molecule has 0 saturated carbocycles. The minimum absolute atomic E-state index is 0.0786. The molecule has 92 valence electrons. The van der Waals surface area contributed by atoms with Crippen LogP contribution in [0.1, 0.15) is 35.3 Å². The molecule has 2 aromatic rings. The molecule has 0 aromatic carbocycles. The molecule has 0 spiro atoms. The molecule has 0 unspecified atom stereocenters. The second-order valence-corrected chi connectivity index (χ2v) is 3.95. The van der Waals surface area contributed by atoms with E-state index < -0.39 is 0 Å². The summed E-state index contributed by atoms with van der Waals surface area (Å²) in [5.74, 6) is 0.797. The molecule has 0 radical (unpaired) electrons. The molecule has 6 heteroatoms. The number of hydrogen-bond acceptors (Lipinski definition) is 5. The van der Waals surface area contributed by atoms with E-state index in [2.05, 4.69) is 15.5 Å². The van der Waals surface area contributed by atoms with E-state index in [-0.39, 0.29) is 6.61 Å². The van der Waals surface area contributed by atoms with Gasteiger partial charge in [0.05, 0.1) is 24.5 Å². The highest BCUT2D eigenvalue weighted by Gasteiger charge is 2.15. The molecule has 6 nitrogen and oxygen atoms in total. The topological polar surface area (TPSA) is 77.0 Å². The molecule has 1 N–H and O–H groups in total. The van der Waals surface area contributed by atoms with E-state index >= 15 is 0 Å². The summed E-state index contributed by atoms with van der Waals surface area (Å²) in [4.78, 5) is 0. The van der Waals surface area contributed by atoms with Crippen LogP contribution in [0.15, 0.2) is 4.52 Å². The average molecular weight is 236 g/mol. The average Bonchev–Trinajstić information content (AvgIpc) is 2.86. The van der Waals surface area contributed by atoms with Crippen LogP contribution in [0.3, 0.4) is 0 Å². The van der Waals surface area contributed by atoms with Gasteiger partial charge in [-0.1, -0.05) is 17.3 Å². The predicted octanol–water partition coefficient (Wildman–Crippen LogP) is 0.986. The monoisotopic (exact) mass is 236 g/mol. The van der Waals surface area contributed by atoms with Crippen molar-refractivity contribution in [2.24, 2.45) is 0 Å². The van der Waals surface area contributed by atoms with Gasteiger partial charge in [-0.3, -0.25) is 0 Å². The first-order valence-corrected chi connectivity index (χ1v) is 5.61. The highest BCUT2D eigenvalue weighted by atomic mass is 16.5. The molecule has 0 fully saturated rings. The zero-order chi connectivity index (χ0) is 12.4. The van der Waals surface area contributed by atoms with E-state index in [4.69, 9.17) is 9.63 Å². The Bertz CT molecular complexity index is 496.